The summed E-state index contributed by atoms with van der Waals surface area (Å²) in [6.07, 6.45) is 0.526. The van der Waals surface area contributed by atoms with E-state index in [-0.39, 0.29) is 5.75 Å². The standard InChI is InChI=1S/C9H9NO2S/c10-7-9-3-1-2-8(6-9)4-5-13(11)12/h1-3,6H,4-5H2,(H,11,12). The zero-order valence-corrected chi connectivity index (χ0v) is 7.75. The number of benzene rings is 1. The van der Waals surface area contributed by atoms with Crippen LogP contribution in [0.1, 0.15) is 11.1 Å². The molecule has 68 valence electrons. The minimum Gasteiger partial charge on any atom is -0.306 e. The Labute approximate surface area is 79.3 Å². The van der Waals surface area contributed by atoms with Crippen molar-refractivity contribution in [1.82, 2.24) is 0 Å². The highest BCUT2D eigenvalue weighted by molar-refractivity contribution is 7.79. The van der Waals surface area contributed by atoms with E-state index < -0.39 is 11.1 Å². The summed E-state index contributed by atoms with van der Waals surface area (Å²) < 4.78 is 18.9. The number of hydrogen-bond donors (Lipinski definition) is 1. The van der Waals surface area contributed by atoms with Crippen LogP contribution in [0, 0.1) is 11.3 Å². The third-order valence-corrected chi connectivity index (χ3v) is 2.17. The van der Waals surface area contributed by atoms with Crippen molar-refractivity contribution in [2.24, 2.45) is 0 Å². The Bertz CT molecular complexity index is 357. The summed E-state index contributed by atoms with van der Waals surface area (Å²) >= 11 is -1.76. The van der Waals surface area contributed by atoms with Crippen LogP contribution in [0.2, 0.25) is 0 Å². The van der Waals surface area contributed by atoms with Gasteiger partial charge in [0.25, 0.3) is 0 Å². The van der Waals surface area contributed by atoms with Crippen LogP contribution in [0.4, 0.5) is 0 Å². The van der Waals surface area contributed by atoms with Gasteiger partial charge in [-0.2, -0.15) is 5.26 Å². The summed E-state index contributed by atoms with van der Waals surface area (Å²) in [6.45, 7) is 0. The van der Waals surface area contributed by atoms with Gasteiger partial charge in [0.15, 0.2) is 11.1 Å². The zero-order chi connectivity index (χ0) is 9.68. The van der Waals surface area contributed by atoms with Crippen molar-refractivity contribution in [2.75, 3.05) is 5.75 Å². The molecule has 0 saturated heterocycles. The van der Waals surface area contributed by atoms with Gasteiger partial charge in [0.05, 0.1) is 17.4 Å². The van der Waals surface area contributed by atoms with Gasteiger partial charge >= 0.3 is 0 Å². The Kier molecular flexibility index (Phi) is 3.62. The maximum Gasteiger partial charge on any atom is 0.153 e. The van der Waals surface area contributed by atoms with Gasteiger partial charge in [0, 0.05) is 0 Å². The lowest BCUT2D eigenvalue weighted by molar-refractivity contribution is 0.563. The van der Waals surface area contributed by atoms with E-state index in [0.717, 1.165) is 5.56 Å². The fourth-order valence-electron chi connectivity index (χ4n) is 1.00. The molecule has 0 aromatic heterocycles. The predicted molar refractivity (Wildman–Crippen MR) is 50.5 cm³/mol. The van der Waals surface area contributed by atoms with Gasteiger partial charge in [-0.05, 0) is 24.1 Å². The molecule has 1 atom stereocenters. The molecular formula is C9H9NO2S. The third kappa shape index (κ3) is 3.36. The number of hydrogen-bond acceptors (Lipinski definition) is 2. The Hall–Kier alpha value is -1.18. The van der Waals surface area contributed by atoms with Gasteiger partial charge in [0.1, 0.15) is 0 Å². The summed E-state index contributed by atoms with van der Waals surface area (Å²) in [6, 6.07) is 9.07. The van der Waals surface area contributed by atoms with Crippen molar-refractivity contribution in [3.05, 3.63) is 35.4 Å². The van der Waals surface area contributed by atoms with Gasteiger partial charge in [-0.1, -0.05) is 12.1 Å². The Morgan fingerprint density at radius 3 is 2.92 bits per heavy atom. The molecule has 3 nitrogen and oxygen atoms in total. The van der Waals surface area contributed by atoms with Crippen molar-refractivity contribution in [2.45, 2.75) is 6.42 Å². The van der Waals surface area contributed by atoms with E-state index >= 15 is 0 Å². The lowest BCUT2D eigenvalue weighted by Crippen LogP contribution is -1.99. The van der Waals surface area contributed by atoms with Crippen molar-refractivity contribution in [3.8, 4) is 6.07 Å². The Morgan fingerprint density at radius 2 is 2.31 bits per heavy atom. The molecule has 0 heterocycles. The topological polar surface area (TPSA) is 61.1 Å². The molecule has 1 rings (SSSR count). The molecule has 1 N–H and O–H groups in total. The molecule has 0 bridgehead atoms. The Morgan fingerprint density at radius 1 is 1.54 bits per heavy atom. The van der Waals surface area contributed by atoms with Crippen LogP contribution in [0.15, 0.2) is 24.3 Å². The molecule has 0 aliphatic rings. The number of nitriles is 1. The van der Waals surface area contributed by atoms with Crippen LogP contribution in [0.25, 0.3) is 0 Å². The van der Waals surface area contributed by atoms with Crippen LogP contribution >= 0.6 is 0 Å². The minimum absolute atomic E-state index is 0.217. The zero-order valence-electron chi connectivity index (χ0n) is 6.93. The second kappa shape index (κ2) is 4.75. The first-order valence-corrected chi connectivity index (χ1v) is 5.06. The molecule has 1 aromatic rings. The average Bonchev–Trinajstić information content (AvgIpc) is 2.15. The number of nitrogens with zero attached hydrogens (tertiary/aromatic N) is 1. The smallest absolute Gasteiger partial charge is 0.153 e. The second-order valence-electron chi connectivity index (χ2n) is 2.59. The summed E-state index contributed by atoms with van der Waals surface area (Å²) in [7, 11) is 0. The lowest BCUT2D eigenvalue weighted by atomic mass is 10.1. The van der Waals surface area contributed by atoms with Crippen molar-refractivity contribution in [3.63, 3.8) is 0 Å². The highest BCUT2D eigenvalue weighted by atomic mass is 32.2. The van der Waals surface area contributed by atoms with Gasteiger partial charge in [-0.15, -0.1) is 0 Å². The largest absolute Gasteiger partial charge is 0.306 e. The normalized spacial score (nSPS) is 12.0. The van der Waals surface area contributed by atoms with E-state index in [1.807, 2.05) is 12.1 Å². The van der Waals surface area contributed by atoms with Crippen LogP contribution in [-0.4, -0.2) is 14.5 Å². The van der Waals surface area contributed by atoms with E-state index in [1.165, 1.54) is 0 Å². The van der Waals surface area contributed by atoms with Crippen LogP contribution in [-0.2, 0) is 17.5 Å². The van der Waals surface area contributed by atoms with Gasteiger partial charge in [0.2, 0.25) is 0 Å². The maximum atomic E-state index is 10.4. The van der Waals surface area contributed by atoms with Gasteiger partial charge < -0.3 is 4.55 Å². The highest BCUT2D eigenvalue weighted by Crippen LogP contribution is 2.04. The maximum absolute atomic E-state index is 10.4. The van der Waals surface area contributed by atoms with Gasteiger partial charge in [-0.3, -0.25) is 0 Å². The molecule has 0 radical (unpaired) electrons. The van der Waals surface area contributed by atoms with E-state index in [1.54, 1.807) is 18.2 Å². The lowest BCUT2D eigenvalue weighted by Gasteiger charge is -1.98. The molecule has 1 unspecified atom stereocenters. The predicted octanol–water partition coefficient (Wildman–Crippen LogP) is 1.32. The molecular weight excluding hydrogens is 186 g/mol. The van der Waals surface area contributed by atoms with E-state index in [0.29, 0.717) is 12.0 Å². The molecule has 4 heteroatoms. The number of rotatable bonds is 3. The molecule has 0 amide bonds. The molecule has 0 aliphatic heterocycles. The molecule has 0 spiro atoms. The van der Waals surface area contributed by atoms with E-state index in [9.17, 15) is 4.21 Å². The fourth-order valence-corrected chi connectivity index (χ4v) is 1.41. The van der Waals surface area contributed by atoms with E-state index in [4.69, 9.17) is 9.81 Å². The minimum atomic E-state index is -1.76. The Balaban J connectivity index is 2.68. The summed E-state index contributed by atoms with van der Waals surface area (Å²) in [5.41, 5.74) is 1.50. The van der Waals surface area contributed by atoms with Crippen molar-refractivity contribution >= 4 is 11.1 Å². The van der Waals surface area contributed by atoms with E-state index in [2.05, 4.69) is 0 Å². The average molecular weight is 195 g/mol. The summed E-state index contributed by atoms with van der Waals surface area (Å²) in [5, 5.41) is 8.58. The first-order valence-electron chi connectivity index (χ1n) is 3.79. The quantitative estimate of drug-likeness (QED) is 0.740. The summed E-state index contributed by atoms with van der Waals surface area (Å²) in [5.74, 6) is 0.217. The van der Waals surface area contributed by atoms with Crippen LogP contribution < -0.4 is 0 Å². The SMILES string of the molecule is N#Cc1cccc(CCS(=O)O)c1. The van der Waals surface area contributed by atoms with Gasteiger partial charge in [-0.25, -0.2) is 4.21 Å². The highest BCUT2D eigenvalue weighted by Gasteiger charge is 1.97. The second-order valence-corrected chi connectivity index (χ2v) is 3.64. The molecule has 1 aromatic carbocycles. The molecule has 13 heavy (non-hydrogen) atoms. The monoisotopic (exact) mass is 195 g/mol. The fraction of sp³-hybridized carbons (Fsp3) is 0.222. The first-order chi connectivity index (χ1) is 6.22. The molecule has 0 fully saturated rings. The third-order valence-electron chi connectivity index (χ3n) is 1.62. The van der Waals surface area contributed by atoms with Crippen molar-refractivity contribution in [1.29, 1.82) is 5.26 Å². The van der Waals surface area contributed by atoms with Crippen molar-refractivity contribution < 1.29 is 8.76 Å². The summed E-state index contributed by atoms with van der Waals surface area (Å²) in [4.78, 5) is 0. The number of aryl methyl sites for hydroxylation is 1. The molecule has 0 aliphatic carbocycles. The van der Waals surface area contributed by atoms with Crippen LogP contribution in [0.3, 0.4) is 0 Å². The first kappa shape index (κ1) is 9.90. The molecule has 0 saturated carbocycles. The van der Waals surface area contributed by atoms with Crippen LogP contribution in [0.5, 0.6) is 0 Å².